The average Bonchev–Trinajstić information content (AvgIpc) is 2.46. The number of nitrogen functional groups attached to an aromatic ring is 1. The number of nitrogens with two attached hydrogens (primary N) is 1. The summed E-state index contributed by atoms with van der Waals surface area (Å²) in [6.45, 7) is 1.64. The lowest BCUT2D eigenvalue weighted by atomic mass is 10.1. The van der Waals surface area contributed by atoms with Crippen LogP contribution in [0.5, 0.6) is 0 Å². The summed E-state index contributed by atoms with van der Waals surface area (Å²) in [6.07, 6.45) is 1.52. The van der Waals surface area contributed by atoms with E-state index in [0.29, 0.717) is 25.3 Å². The van der Waals surface area contributed by atoms with Crippen LogP contribution in [0.3, 0.4) is 0 Å². The van der Waals surface area contributed by atoms with Gasteiger partial charge in [-0.05, 0) is 37.1 Å². The molecule has 1 aromatic carbocycles. The number of sulfonamides is 1. The van der Waals surface area contributed by atoms with E-state index in [-0.39, 0.29) is 17.5 Å². The van der Waals surface area contributed by atoms with Gasteiger partial charge in [0.15, 0.2) is 0 Å². The van der Waals surface area contributed by atoms with E-state index in [9.17, 15) is 8.42 Å². The van der Waals surface area contributed by atoms with Crippen molar-refractivity contribution in [3.8, 4) is 0 Å². The number of piperidine rings is 1. The quantitative estimate of drug-likeness (QED) is 0.665. The Hall–Kier alpha value is -1.15. The van der Waals surface area contributed by atoms with Crippen molar-refractivity contribution in [1.29, 1.82) is 0 Å². The predicted octanol–water partition coefficient (Wildman–Crippen LogP) is 0.00380. The lowest BCUT2D eigenvalue weighted by Crippen LogP contribution is -2.45. The van der Waals surface area contributed by atoms with Crippen molar-refractivity contribution in [2.75, 3.05) is 32.0 Å². The molecule has 0 bridgehead atoms. The van der Waals surface area contributed by atoms with Crippen LogP contribution in [0, 0.1) is 0 Å². The third kappa shape index (κ3) is 3.49. The van der Waals surface area contributed by atoms with Gasteiger partial charge in [-0.1, -0.05) is 0 Å². The van der Waals surface area contributed by atoms with Gasteiger partial charge < -0.3 is 16.2 Å². The third-order valence-corrected chi connectivity index (χ3v) is 5.43. The summed E-state index contributed by atoms with van der Waals surface area (Å²) in [7, 11) is -3.42. The molecule has 1 heterocycles. The van der Waals surface area contributed by atoms with E-state index < -0.39 is 10.0 Å². The van der Waals surface area contributed by atoms with Crippen LogP contribution < -0.4 is 11.1 Å². The molecule has 0 unspecified atom stereocenters. The highest BCUT2D eigenvalue weighted by molar-refractivity contribution is 7.89. The third-order valence-electron chi connectivity index (χ3n) is 3.52. The lowest BCUT2D eigenvalue weighted by Gasteiger charge is -2.31. The number of nitrogens with one attached hydrogen (secondary N) is 1. The number of aliphatic hydroxyl groups excluding tert-OH is 1. The zero-order valence-electron chi connectivity index (χ0n) is 11.3. The van der Waals surface area contributed by atoms with E-state index in [0.717, 1.165) is 12.8 Å². The first kappa shape index (κ1) is 15.2. The van der Waals surface area contributed by atoms with Gasteiger partial charge in [0, 0.05) is 31.4 Å². The molecule has 1 aliphatic rings. The van der Waals surface area contributed by atoms with Gasteiger partial charge in [0.1, 0.15) is 0 Å². The minimum absolute atomic E-state index is 0.101. The van der Waals surface area contributed by atoms with Crippen LogP contribution in [0.2, 0.25) is 0 Å². The fraction of sp³-hybridized carbons (Fsp3) is 0.538. The molecular formula is C13H21N3O3S. The molecule has 0 radical (unpaired) electrons. The zero-order valence-corrected chi connectivity index (χ0v) is 12.1. The fourth-order valence-electron chi connectivity index (χ4n) is 2.36. The minimum Gasteiger partial charge on any atom is -0.399 e. The normalized spacial score (nSPS) is 18.2. The molecule has 0 amide bonds. The SMILES string of the molecule is Nc1ccc(S(=O)(=O)N2CCC(NCCO)CC2)cc1. The van der Waals surface area contributed by atoms with Crippen molar-refractivity contribution in [3.63, 3.8) is 0 Å². The molecule has 6 nitrogen and oxygen atoms in total. The van der Waals surface area contributed by atoms with E-state index in [2.05, 4.69) is 5.32 Å². The Kier molecular flexibility index (Phi) is 4.98. The highest BCUT2D eigenvalue weighted by atomic mass is 32.2. The number of benzene rings is 1. The molecule has 20 heavy (non-hydrogen) atoms. The van der Waals surface area contributed by atoms with Crippen LogP contribution in [-0.2, 0) is 10.0 Å². The van der Waals surface area contributed by atoms with Crippen molar-refractivity contribution in [1.82, 2.24) is 9.62 Å². The Balaban J connectivity index is 2.00. The maximum Gasteiger partial charge on any atom is 0.243 e. The molecule has 1 aliphatic heterocycles. The molecule has 7 heteroatoms. The molecular weight excluding hydrogens is 278 g/mol. The van der Waals surface area contributed by atoms with Crippen LogP contribution >= 0.6 is 0 Å². The first-order chi connectivity index (χ1) is 9.54. The Morgan fingerprint density at radius 1 is 1.25 bits per heavy atom. The first-order valence-corrected chi connectivity index (χ1v) is 8.18. The second-order valence-electron chi connectivity index (χ2n) is 4.93. The molecule has 1 fully saturated rings. The summed E-state index contributed by atoms with van der Waals surface area (Å²) in [4.78, 5) is 0.286. The van der Waals surface area contributed by atoms with Crippen molar-refractivity contribution in [2.24, 2.45) is 0 Å². The Morgan fingerprint density at radius 2 is 1.85 bits per heavy atom. The number of hydrogen-bond acceptors (Lipinski definition) is 5. The molecule has 0 aliphatic carbocycles. The number of nitrogens with zero attached hydrogens (tertiary/aromatic N) is 1. The standard InChI is InChI=1S/C13H21N3O3S/c14-11-1-3-13(4-2-11)20(18,19)16-8-5-12(6-9-16)15-7-10-17/h1-4,12,15,17H,5-10,14H2. The maximum atomic E-state index is 12.4. The topological polar surface area (TPSA) is 95.7 Å². The van der Waals surface area contributed by atoms with Gasteiger partial charge >= 0.3 is 0 Å². The average molecular weight is 299 g/mol. The first-order valence-electron chi connectivity index (χ1n) is 6.74. The second kappa shape index (κ2) is 6.53. The predicted molar refractivity (Wildman–Crippen MR) is 77.7 cm³/mol. The van der Waals surface area contributed by atoms with Crippen LogP contribution in [0.15, 0.2) is 29.2 Å². The smallest absolute Gasteiger partial charge is 0.243 e. The van der Waals surface area contributed by atoms with Gasteiger partial charge in [0.25, 0.3) is 0 Å². The Morgan fingerprint density at radius 3 is 2.40 bits per heavy atom. The van der Waals surface area contributed by atoms with Crippen LogP contribution in [0.1, 0.15) is 12.8 Å². The number of aliphatic hydroxyl groups is 1. The summed E-state index contributed by atoms with van der Waals surface area (Å²) in [5.74, 6) is 0. The molecule has 0 atom stereocenters. The number of hydrogen-bond donors (Lipinski definition) is 3. The van der Waals surface area contributed by atoms with Crippen molar-refractivity contribution in [3.05, 3.63) is 24.3 Å². The van der Waals surface area contributed by atoms with E-state index in [4.69, 9.17) is 10.8 Å². The van der Waals surface area contributed by atoms with Crippen molar-refractivity contribution in [2.45, 2.75) is 23.8 Å². The van der Waals surface area contributed by atoms with E-state index in [1.807, 2.05) is 0 Å². The van der Waals surface area contributed by atoms with E-state index in [1.54, 1.807) is 24.3 Å². The summed E-state index contributed by atoms with van der Waals surface area (Å²) < 4.78 is 26.4. The van der Waals surface area contributed by atoms with E-state index >= 15 is 0 Å². The molecule has 1 aromatic rings. The monoisotopic (exact) mass is 299 g/mol. The van der Waals surface area contributed by atoms with Gasteiger partial charge in [-0.15, -0.1) is 0 Å². The molecule has 112 valence electrons. The molecule has 2 rings (SSSR count). The Bertz CT molecular complexity index is 522. The molecule has 0 aromatic heterocycles. The van der Waals surface area contributed by atoms with Crippen LogP contribution in [0.4, 0.5) is 5.69 Å². The van der Waals surface area contributed by atoms with Gasteiger partial charge in [-0.2, -0.15) is 4.31 Å². The largest absolute Gasteiger partial charge is 0.399 e. The molecule has 4 N–H and O–H groups in total. The summed E-state index contributed by atoms with van der Waals surface area (Å²) in [6, 6.07) is 6.56. The lowest BCUT2D eigenvalue weighted by molar-refractivity contribution is 0.252. The van der Waals surface area contributed by atoms with Gasteiger partial charge in [-0.25, -0.2) is 8.42 Å². The van der Waals surface area contributed by atoms with Crippen LogP contribution in [0.25, 0.3) is 0 Å². The van der Waals surface area contributed by atoms with Crippen molar-refractivity contribution < 1.29 is 13.5 Å². The maximum absolute atomic E-state index is 12.4. The highest BCUT2D eigenvalue weighted by Crippen LogP contribution is 2.21. The molecule has 1 saturated heterocycles. The van der Waals surface area contributed by atoms with Gasteiger partial charge in [0.05, 0.1) is 11.5 Å². The zero-order chi connectivity index (χ0) is 14.6. The molecule has 0 saturated carbocycles. The Labute approximate surface area is 119 Å². The fourth-order valence-corrected chi connectivity index (χ4v) is 3.83. The van der Waals surface area contributed by atoms with Crippen molar-refractivity contribution >= 4 is 15.7 Å². The number of anilines is 1. The van der Waals surface area contributed by atoms with E-state index in [1.165, 1.54) is 4.31 Å². The summed E-state index contributed by atoms with van der Waals surface area (Å²) >= 11 is 0. The second-order valence-corrected chi connectivity index (χ2v) is 6.86. The summed E-state index contributed by atoms with van der Waals surface area (Å²) in [5, 5.41) is 12.0. The van der Waals surface area contributed by atoms with Gasteiger partial charge in [0.2, 0.25) is 10.0 Å². The highest BCUT2D eigenvalue weighted by Gasteiger charge is 2.28. The number of rotatable bonds is 5. The van der Waals surface area contributed by atoms with Gasteiger partial charge in [-0.3, -0.25) is 0 Å². The summed E-state index contributed by atoms with van der Waals surface area (Å²) in [5.41, 5.74) is 6.13. The van der Waals surface area contributed by atoms with Crippen LogP contribution in [-0.4, -0.2) is 50.1 Å². The molecule has 0 spiro atoms. The minimum atomic E-state index is -3.42.